The summed E-state index contributed by atoms with van der Waals surface area (Å²) in [6.45, 7) is 9.05. The molecule has 0 saturated carbocycles. The highest BCUT2D eigenvalue weighted by Crippen LogP contribution is 2.25. The fraction of sp³-hybridized carbons (Fsp3) is 0.364. The Morgan fingerprint density at radius 2 is 1.48 bits per heavy atom. The number of nitrogens with one attached hydrogen (secondary N) is 1. The Morgan fingerprint density at radius 3 is 2.00 bits per heavy atom. The van der Waals surface area contributed by atoms with Crippen molar-refractivity contribution in [3.63, 3.8) is 0 Å². The fourth-order valence-corrected chi connectivity index (χ4v) is 2.45. The average molecular weight is 405 g/mol. The first kappa shape index (κ1) is 22.3. The van der Waals surface area contributed by atoms with Crippen molar-refractivity contribution in [1.29, 1.82) is 0 Å². The van der Waals surface area contributed by atoms with Crippen LogP contribution in [-0.4, -0.2) is 24.1 Å². The standard InChI is InChI=1S/C22H25F2NO4/c1-13(20(26)25-19-17(23)7-6-8-18(19)24)29-21(27)14(2)28-16-11-9-15(10-12-16)22(3,4)5/h6-14H,1-5H3,(H,25,26)/t13-,14+/m1/s1. The normalized spacial score (nSPS) is 13.3. The van der Waals surface area contributed by atoms with E-state index in [9.17, 15) is 18.4 Å². The second-order valence-electron chi connectivity index (χ2n) is 7.70. The minimum Gasteiger partial charge on any atom is -0.479 e. The topological polar surface area (TPSA) is 64.6 Å². The van der Waals surface area contributed by atoms with Crippen LogP contribution in [0, 0.1) is 11.6 Å². The number of hydrogen-bond donors (Lipinski definition) is 1. The predicted molar refractivity (Wildman–Crippen MR) is 106 cm³/mol. The molecule has 7 heteroatoms. The second kappa shape index (κ2) is 9.03. The smallest absolute Gasteiger partial charge is 0.347 e. The highest BCUT2D eigenvalue weighted by atomic mass is 19.1. The van der Waals surface area contributed by atoms with Crippen LogP contribution in [0.25, 0.3) is 0 Å². The van der Waals surface area contributed by atoms with E-state index in [0.717, 1.165) is 17.7 Å². The fourth-order valence-electron chi connectivity index (χ4n) is 2.45. The molecule has 0 saturated heterocycles. The zero-order valence-electron chi connectivity index (χ0n) is 17.1. The van der Waals surface area contributed by atoms with Crippen molar-refractivity contribution in [2.45, 2.75) is 52.2 Å². The van der Waals surface area contributed by atoms with Crippen molar-refractivity contribution >= 4 is 17.6 Å². The number of benzene rings is 2. The van der Waals surface area contributed by atoms with Crippen LogP contribution in [-0.2, 0) is 19.7 Å². The molecule has 0 aliphatic rings. The van der Waals surface area contributed by atoms with Crippen LogP contribution in [0.5, 0.6) is 5.75 Å². The average Bonchev–Trinajstić information content (AvgIpc) is 2.64. The van der Waals surface area contributed by atoms with E-state index in [1.807, 2.05) is 12.1 Å². The molecule has 1 N–H and O–H groups in total. The third-order valence-electron chi connectivity index (χ3n) is 4.24. The molecular formula is C22H25F2NO4. The van der Waals surface area contributed by atoms with Gasteiger partial charge in [-0.3, -0.25) is 4.79 Å². The van der Waals surface area contributed by atoms with E-state index in [-0.39, 0.29) is 5.41 Å². The highest BCUT2D eigenvalue weighted by molar-refractivity contribution is 5.95. The molecule has 0 fully saturated rings. The summed E-state index contributed by atoms with van der Waals surface area (Å²) in [7, 11) is 0. The summed E-state index contributed by atoms with van der Waals surface area (Å²) in [6, 6.07) is 10.5. The number of carbonyl (C=O) groups excluding carboxylic acids is 2. The molecule has 0 heterocycles. The number of rotatable bonds is 6. The molecule has 2 aromatic rings. The molecule has 5 nitrogen and oxygen atoms in total. The molecule has 0 bridgehead atoms. The summed E-state index contributed by atoms with van der Waals surface area (Å²) in [6.07, 6.45) is -2.24. The number of anilines is 1. The van der Waals surface area contributed by atoms with Crippen molar-refractivity contribution in [3.05, 3.63) is 59.7 Å². The summed E-state index contributed by atoms with van der Waals surface area (Å²) in [5.74, 6) is -3.00. The Labute approximate surface area is 169 Å². The zero-order chi connectivity index (χ0) is 21.8. The summed E-state index contributed by atoms with van der Waals surface area (Å²) >= 11 is 0. The number of halogens is 2. The van der Waals surface area contributed by atoms with Crippen molar-refractivity contribution in [1.82, 2.24) is 0 Å². The monoisotopic (exact) mass is 405 g/mol. The van der Waals surface area contributed by atoms with Gasteiger partial charge < -0.3 is 14.8 Å². The van der Waals surface area contributed by atoms with Gasteiger partial charge in [0.2, 0.25) is 0 Å². The maximum Gasteiger partial charge on any atom is 0.347 e. The maximum atomic E-state index is 13.6. The van der Waals surface area contributed by atoms with Crippen LogP contribution in [0.4, 0.5) is 14.5 Å². The Bertz CT molecular complexity index is 855. The molecule has 156 valence electrons. The molecular weight excluding hydrogens is 380 g/mol. The van der Waals surface area contributed by atoms with Gasteiger partial charge in [-0.1, -0.05) is 39.0 Å². The Hall–Kier alpha value is -2.96. The van der Waals surface area contributed by atoms with Gasteiger partial charge in [-0.05, 0) is 49.1 Å². The van der Waals surface area contributed by atoms with Gasteiger partial charge in [0.25, 0.3) is 5.91 Å². The molecule has 1 amide bonds. The number of para-hydroxylation sites is 1. The van der Waals surface area contributed by atoms with Crippen LogP contribution < -0.4 is 10.1 Å². The second-order valence-corrected chi connectivity index (χ2v) is 7.70. The lowest BCUT2D eigenvalue weighted by Crippen LogP contribution is -2.35. The summed E-state index contributed by atoms with van der Waals surface area (Å²) < 4.78 is 37.9. The van der Waals surface area contributed by atoms with E-state index in [1.165, 1.54) is 19.9 Å². The van der Waals surface area contributed by atoms with Crippen LogP contribution >= 0.6 is 0 Å². The summed E-state index contributed by atoms with van der Waals surface area (Å²) in [4.78, 5) is 24.3. The van der Waals surface area contributed by atoms with Crippen LogP contribution in [0.2, 0.25) is 0 Å². The highest BCUT2D eigenvalue weighted by Gasteiger charge is 2.25. The van der Waals surface area contributed by atoms with Crippen LogP contribution in [0.15, 0.2) is 42.5 Å². The minimum absolute atomic E-state index is 0.0103. The largest absolute Gasteiger partial charge is 0.479 e. The van der Waals surface area contributed by atoms with Gasteiger partial charge in [0.05, 0.1) is 0 Å². The number of esters is 1. The van der Waals surface area contributed by atoms with Crippen molar-refractivity contribution in [2.24, 2.45) is 0 Å². The van der Waals surface area contributed by atoms with Gasteiger partial charge >= 0.3 is 5.97 Å². The molecule has 0 spiro atoms. The lowest BCUT2D eigenvalue weighted by Gasteiger charge is -2.20. The SMILES string of the molecule is C[C@H](Oc1ccc(C(C)(C)C)cc1)C(=O)O[C@H](C)C(=O)Nc1c(F)cccc1F. The van der Waals surface area contributed by atoms with Crippen LogP contribution in [0.1, 0.15) is 40.2 Å². The first-order chi connectivity index (χ1) is 13.5. The first-order valence-corrected chi connectivity index (χ1v) is 9.21. The van der Waals surface area contributed by atoms with Gasteiger partial charge in [-0.25, -0.2) is 13.6 Å². The quantitative estimate of drug-likeness (QED) is 0.714. The van der Waals surface area contributed by atoms with Gasteiger partial charge in [-0.2, -0.15) is 0 Å². The Balaban J connectivity index is 1.93. The molecule has 2 aromatic carbocycles. The van der Waals surface area contributed by atoms with E-state index in [1.54, 1.807) is 12.1 Å². The first-order valence-electron chi connectivity index (χ1n) is 9.21. The minimum atomic E-state index is -1.27. The molecule has 0 aliphatic heterocycles. The molecule has 29 heavy (non-hydrogen) atoms. The third-order valence-corrected chi connectivity index (χ3v) is 4.24. The third kappa shape index (κ3) is 6.01. The van der Waals surface area contributed by atoms with Crippen molar-refractivity contribution < 1.29 is 27.8 Å². The van der Waals surface area contributed by atoms with Gasteiger partial charge in [0, 0.05) is 0 Å². The number of carbonyl (C=O) groups is 2. The molecule has 0 radical (unpaired) electrons. The Kier molecular flexibility index (Phi) is 6.95. The molecule has 2 atom stereocenters. The van der Waals surface area contributed by atoms with E-state index >= 15 is 0 Å². The van der Waals surface area contributed by atoms with E-state index in [2.05, 4.69) is 26.1 Å². The lowest BCUT2D eigenvalue weighted by molar-refractivity contribution is -0.159. The molecule has 0 aliphatic carbocycles. The number of hydrogen-bond acceptors (Lipinski definition) is 4. The van der Waals surface area contributed by atoms with Crippen molar-refractivity contribution in [3.8, 4) is 5.75 Å². The van der Waals surface area contributed by atoms with E-state index < -0.39 is 41.4 Å². The maximum absolute atomic E-state index is 13.6. The summed E-state index contributed by atoms with van der Waals surface area (Å²) in [5.41, 5.74) is 0.512. The molecule has 0 unspecified atom stereocenters. The predicted octanol–water partition coefficient (Wildman–Crippen LogP) is 4.60. The van der Waals surface area contributed by atoms with Gasteiger partial charge in [0.1, 0.15) is 23.1 Å². The van der Waals surface area contributed by atoms with Gasteiger partial charge in [-0.15, -0.1) is 0 Å². The van der Waals surface area contributed by atoms with Crippen molar-refractivity contribution in [2.75, 3.05) is 5.32 Å². The van der Waals surface area contributed by atoms with E-state index in [4.69, 9.17) is 9.47 Å². The Morgan fingerprint density at radius 1 is 0.931 bits per heavy atom. The number of ether oxygens (including phenoxy) is 2. The zero-order valence-corrected chi connectivity index (χ0v) is 17.1. The molecule has 2 rings (SSSR count). The van der Waals surface area contributed by atoms with E-state index in [0.29, 0.717) is 5.75 Å². The number of amides is 1. The van der Waals surface area contributed by atoms with Gasteiger partial charge in [0.15, 0.2) is 12.2 Å². The molecule has 0 aromatic heterocycles. The summed E-state index contributed by atoms with van der Waals surface area (Å²) in [5, 5.41) is 2.09. The lowest BCUT2D eigenvalue weighted by atomic mass is 9.87. The van der Waals surface area contributed by atoms with Crippen LogP contribution in [0.3, 0.4) is 0 Å².